The highest BCUT2D eigenvalue weighted by atomic mass is 127. The number of benzene rings is 1. The van der Waals surface area contributed by atoms with E-state index in [1.807, 2.05) is 35.2 Å². The lowest BCUT2D eigenvalue weighted by atomic mass is 10.1. The fourth-order valence-electron chi connectivity index (χ4n) is 2.69. The van der Waals surface area contributed by atoms with Gasteiger partial charge in [-0.15, -0.1) is 0 Å². The van der Waals surface area contributed by atoms with Gasteiger partial charge >= 0.3 is 0 Å². The number of hydrogen-bond acceptors (Lipinski definition) is 5. The standard InChI is InChI=1S/C14H17IN4O2/c1-21-12(9-5-3-2-4-6-9)14(20)19-7-10-11(8-19)17-18-13(10)16-15/h2-6,12,14,20H,7-8H2,1H3,(H2,16,17,18)/t12-,14?/m1/s1. The number of hydrogen-bond donors (Lipinski definition) is 3. The molecule has 1 aliphatic rings. The monoisotopic (exact) mass is 400 g/mol. The molecule has 6 nitrogen and oxygen atoms in total. The normalized spacial score (nSPS) is 17.5. The average molecular weight is 400 g/mol. The first-order valence-electron chi connectivity index (χ1n) is 6.67. The Labute approximate surface area is 137 Å². The molecule has 1 aromatic carbocycles. The van der Waals surface area contributed by atoms with Crippen LogP contribution in [0.25, 0.3) is 0 Å². The summed E-state index contributed by atoms with van der Waals surface area (Å²) < 4.78 is 8.54. The molecule has 0 bridgehead atoms. The minimum Gasteiger partial charge on any atom is -0.375 e. The highest BCUT2D eigenvalue weighted by molar-refractivity contribution is 14.1. The fraction of sp³-hybridized carbons (Fsp3) is 0.357. The van der Waals surface area contributed by atoms with Crippen molar-refractivity contribution in [2.75, 3.05) is 10.6 Å². The molecule has 1 aliphatic heterocycles. The third kappa shape index (κ3) is 2.78. The van der Waals surface area contributed by atoms with Crippen molar-refractivity contribution < 1.29 is 9.84 Å². The first-order chi connectivity index (χ1) is 10.2. The minimum atomic E-state index is -0.708. The maximum absolute atomic E-state index is 10.7. The van der Waals surface area contributed by atoms with E-state index in [1.54, 1.807) is 7.11 Å². The second-order valence-corrected chi connectivity index (χ2v) is 5.55. The summed E-state index contributed by atoms with van der Waals surface area (Å²) in [5.74, 6) is 0.828. The molecule has 0 radical (unpaired) electrons. The molecule has 0 spiro atoms. The number of ether oxygens (including phenoxy) is 1. The van der Waals surface area contributed by atoms with Gasteiger partial charge in [-0.25, -0.2) is 0 Å². The summed E-state index contributed by atoms with van der Waals surface area (Å²) in [6.07, 6.45) is -1.08. The highest BCUT2D eigenvalue weighted by Crippen LogP contribution is 2.32. The molecule has 0 saturated carbocycles. The van der Waals surface area contributed by atoms with Gasteiger partial charge in [0.05, 0.1) is 28.6 Å². The number of aromatic amines is 1. The van der Waals surface area contributed by atoms with Crippen molar-refractivity contribution in [3.8, 4) is 0 Å². The largest absolute Gasteiger partial charge is 0.375 e. The van der Waals surface area contributed by atoms with E-state index in [-0.39, 0.29) is 6.10 Å². The van der Waals surface area contributed by atoms with Gasteiger partial charge in [-0.1, -0.05) is 30.3 Å². The van der Waals surface area contributed by atoms with Crippen molar-refractivity contribution in [1.82, 2.24) is 15.1 Å². The molecule has 112 valence electrons. The van der Waals surface area contributed by atoms with E-state index in [0.717, 1.165) is 22.6 Å². The first-order valence-corrected chi connectivity index (χ1v) is 7.75. The first kappa shape index (κ1) is 14.8. The van der Waals surface area contributed by atoms with Gasteiger partial charge in [-0.05, 0) is 5.56 Å². The van der Waals surface area contributed by atoms with Gasteiger partial charge in [0.1, 0.15) is 12.3 Å². The molecule has 2 atom stereocenters. The van der Waals surface area contributed by atoms with E-state index < -0.39 is 6.23 Å². The van der Waals surface area contributed by atoms with Gasteiger partial charge in [0, 0.05) is 25.8 Å². The van der Waals surface area contributed by atoms with Crippen LogP contribution in [0.4, 0.5) is 5.82 Å². The van der Waals surface area contributed by atoms with Crippen LogP contribution in [0.15, 0.2) is 30.3 Å². The third-order valence-electron chi connectivity index (χ3n) is 3.79. The van der Waals surface area contributed by atoms with Crippen LogP contribution in [0, 0.1) is 0 Å². The molecule has 3 rings (SSSR count). The topological polar surface area (TPSA) is 73.4 Å². The number of H-pyrrole nitrogens is 1. The Hall–Kier alpha value is -1.16. The maximum atomic E-state index is 10.7. The lowest BCUT2D eigenvalue weighted by Gasteiger charge is -2.29. The molecular weight excluding hydrogens is 383 g/mol. The predicted octanol–water partition coefficient (Wildman–Crippen LogP) is 2.19. The molecule has 21 heavy (non-hydrogen) atoms. The zero-order valence-corrected chi connectivity index (χ0v) is 13.7. The number of halogens is 1. The Morgan fingerprint density at radius 3 is 2.81 bits per heavy atom. The average Bonchev–Trinajstić information content (AvgIpc) is 3.09. The molecule has 1 aromatic heterocycles. The van der Waals surface area contributed by atoms with Crippen molar-refractivity contribution in [1.29, 1.82) is 0 Å². The van der Waals surface area contributed by atoms with Crippen molar-refractivity contribution in [3.05, 3.63) is 47.2 Å². The van der Waals surface area contributed by atoms with E-state index in [1.165, 1.54) is 0 Å². The number of fused-ring (bicyclic) bond motifs is 1. The van der Waals surface area contributed by atoms with Gasteiger partial charge in [0.25, 0.3) is 0 Å². The van der Waals surface area contributed by atoms with Crippen LogP contribution in [0.5, 0.6) is 0 Å². The zero-order valence-electron chi connectivity index (χ0n) is 11.6. The number of anilines is 1. The van der Waals surface area contributed by atoms with Crippen molar-refractivity contribution in [2.45, 2.75) is 25.4 Å². The molecule has 3 N–H and O–H groups in total. The van der Waals surface area contributed by atoms with Gasteiger partial charge in [0.15, 0.2) is 5.82 Å². The van der Waals surface area contributed by atoms with Crippen LogP contribution in [-0.4, -0.2) is 33.5 Å². The van der Waals surface area contributed by atoms with Crippen LogP contribution in [0.2, 0.25) is 0 Å². The third-order valence-corrected chi connectivity index (χ3v) is 4.30. The number of methoxy groups -OCH3 is 1. The summed E-state index contributed by atoms with van der Waals surface area (Å²) in [5, 5.41) is 17.9. The van der Waals surface area contributed by atoms with Gasteiger partial charge < -0.3 is 13.4 Å². The zero-order chi connectivity index (χ0) is 14.8. The Morgan fingerprint density at radius 1 is 1.38 bits per heavy atom. The van der Waals surface area contributed by atoms with Crippen LogP contribution in [0.3, 0.4) is 0 Å². The Bertz CT molecular complexity index is 604. The van der Waals surface area contributed by atoms with E-state index in [0.29, 0.717) is 13.1 Å². The predicted molar refractivity (Wildman–Crippen MR) is 87.7 cm³/mol. The second-order valence-electron chi connectivity index (χ2n) is 5.01. The number of nitrogens with one attached hydrogen (secondary N) is 2. The van der Waals surface area contributed by atoms with Crippen LogP contribution >= 0.6 is 22.9 Å². The van der Waals surface area contributed by atoms with Crippen molar-refractivity contribution in [2.24, 2.45) is 0 Å². The molecule has 2 aromatic rings. The maximum Gasteiger partial charge on any atom is 0.161 e. The summed E-state index contributed by atoms with van der Waals surface area (Å²) >= 11 is 2.06. The molecule has 0 amide bonds. The second kappa shape index (κ2) is 6.30. The lowest BCUT2D eigenvalue weighted by molar-refractivity contribution is -0.104. The molecule has 0 aliphatic carbocycles. The fourth-order valence-corrected chi connectivity index (χ4v) is 3.14. The molecular formula is C14H17IN4O2. The number of aliphatic hydroxyl groups is 1. The number of nitrogens with zero attached hydrogens (tertiary/aromatic N) is 2. The minimum absolute atomic E-state index is 0.376. The molecule has 1 unspecified atom stereocenters. The van der Waals surface area contributed by atoms with E-state index in [4.69, 9.17) is 4.74 Å². The number of aromatic nitrogens is 2. The van der Waals surface area contributed by atoms with Gasteiger partial charge in [-0.2, -0.15) is 5.10 Å². The molecule has 2 heterocycles. The van der Waals surface area contributed by atoms with E-state index >= 15 is 0 Å². The summed E-state index contributed by atoms with van der Waals surface area (Å²) in [7, 11) is 1.62. The Morgan fingerprint density at radius 2 is 2.14 bits per heavy atom. The molecule has 7 heteroatoms. The van der Waals surface area contributed by atoms with Crippen molar-refractivity contribution in [3.63, 3.8) is 0 Å². The van der Waals surface area contributed by atoms with Crippen LogP contribution in [0.1, 0.15) is 22.9 Å². The van der Waals surface area contributed by atoms with Crippen molar-refractivity contribution >= 4 is 28.7 Å². The van der Waals surface area contributed by atoms with E-state index in [2.05, 4.69) is 36.6 Å². The number of rotatable bonds is 5. The SMILES string of the molecule is CO[C@H](c1ccccc1)C(O)N1Cc2[nH]nc(NI)c2C1. The van der Waals surface area contributed by atoms with E-state index in [9.17, 15) is 5.11 Å². The quantitative estimate of drug-likeness (QED) is 0.530. The number of aliphatic hydroxyl groups excluding tert-OH is 1. The summed E-state index contributed by atoms with van der Waals surface area (Å²) in [6.45, 7) is 1.28. The highest BCUT2D eigenvalue weighted by Gasteiger charge is 2.33. The Balaban J connectivity index is 1.77. The van der Waals surface area contributed by atoms with Gasteiger partial charge in [-0.3, -0.25) is 10.00 Å². The summed E-state index contributed by atoms with van der Waals surface area (Å²) in [4.78, 5) is 1.97. The summed E-state index contributed by atoms with van der Waals surface area (Å²) in [5.41, 5.74) is 3.11. The smallest absolute Gasteiger partial charge is 0.161 e. The van der Waals surface area contributed by atoms with Crippen LogP contribution < -0.4 is 3.53 Å². The lowest BCUT2D eigenvalue weighted by Crippen LogP contribution is -2.36. The molecule has 0 fully saturated rings. The summed E-state index contributed by atoms with van der Waals surface area (Å²) in [6, 6.07) is 9.77. The van der Waals surface area contributed by atoms with Crippen LogP contribution in [-0.2, 0) is 17.8 Å². The molecule has 0 saturated heterocycles. The van der Waals surface area contributed by atoms with Gasteiger partial charge in [0.2, 0.25) is 0 Å². The Kier molecular flexibility index (Phi) is 4.43.